The van der Waals surface area contributed by atoms with Gasteiger partial charge in [0.25, 0.3) is 0 Å². The molecule has 50 valence electrons. The molecule has 0 fully saturated rings. The van der Waals surface area contributed by atoms with E-state index < -0.39 is 5.97 Å². The summed E-state index contributed by atoms with van der Waals surface area (Å²) in [5, 5.41) is 9.14. The van der Waals surface area contributed by atoms with Gasteiger partial charge in [0, 0.05) is 0 Å². The fourth-order valence-electron chi connectivity index (χ4n) is 0. The summed E-state index contributed by atoms with van der Waals surface area (Å²) in [6, 6.07) is 0. The topological polar surface area (TPSA) is 57.2 Å². The molecule has 0 aromatic rings. The average Bonchev–Trinajstić information content (AvgIpc) is 1.89. The van der Waals surface area contributed by atoms with Gasteiger partial charge in [0.05, 0.1) is 5.97 Å². The summed E-state index contributed by atoms with van der Waals surface area (Å²) in [5.74, 6) is -1.23. The van der Waals surface area contributed by atoms with Gasteiger partial charge >= 0.3 is 59.1 Å². The Hall–Kier alpha value is 0.620. The number of carbonyl (C=O) groups is 1. The van der Waals surface area contributed by atoms with E-state index in [9.17, 15) is 0 Å². The van der Waals surface area contributed by atoms with Crippen molar-refractivity contribution in [2.45, 2.75) is 0 Å². The maximum Gasteiger partial charge on any atom is 1.00 e. The van der Waals surface area contributed by atoms with E-state index in [-0.39, 0.29) is 59.1 Å². The van der Waals surface area contributed by atoms with Crippen molar-refractivity contribution >= 4 is 12.3 Å². The molecule has 0 atom stereocenters. The van der Waals surface area contributed by atoms with Crippen LogP contribution < -0.4 is 64.2 Å². The Morgan fingerprint density at radius 1 is 1.36 bits per heavy atom. The third kappa shape index (κ3) is 60.2. The Labute approximate surface area is 110 Å². The van der Waals surface area contributed by atoms with Crippen LogP contribution in [0.5, 0.6) is 0 Å². The first-order valence-electron chi connectivity index (χ1n) is 2.01. The van der Waals surface area contributed by atoms with Gasteiger partial charge in [0.2, 0.25) is 0 Å². The maximum absolute atomic E-state index is 9.14. The number of hydrogen-bond donors (Lipinski definition) is 0. The molecule has 0 saturated carbocycles. The minimum atomic E-state index is -1.23. The number of rotatable bonds is 2. The van der Waals surface area contributed by atoms with Crippen molar-refractivity contribution in [3.8, 4) is 0 Å². The van der Waals surface area contributed by atoms with E-state index in [2.05, 4.69) is 13.2 Å². The molecule has 0 aromatic carbocycles. The monoisotopic (exact) mass is 172 g/mol. The average molecular weight is 172 g/mol. The fourth-order valence-corrected chi connectivity index (χ4v) is 0. The predicted molar refractivity (Wildman–Crippen MR) is 31.1 cm³/mol. The Morgan fingerprint density at radius 2 is 1.55 bits per heavy atom. The van der Waals surface area contributed by atoms with Crippen LogP contribution >= 0.6 is 0 Å². The third-order valence-corrected chi connectivity index (χ3v) is 0.250. The molecule has 0 aliphatic rings. The Bertz CT molecular complexity index is 117. The molecule has 0 saturated heterocycles. The van der Waals surface area contributed by atoms with Crippen molar-refractivity contribution < 1.29 is 73.8 Å². The first-order chi connectivity index (χ1) is 4.18. The molecule has 0 spiro atoms. The van der Waals surface area contributed by atoms with E-state index in [1.54, 1.807) is 0 Å². The normalized spacial score (nSPS) is 4.73. The summed E-state index contributed by atoms with van der Waals surface area (Å²) in [4.78, 5) is 18.1. The van der Waals surface area contributed by atoms with Gasteiger partial charge in [-0.25, -0.2) is 12.7 Å². The van der Waals surface area contributed by atoms with Crippen molar-refractivity contribution in [2.24, 2.45) is 0 Å². The van der Waals surface area contributed by atoms with Crippen LogP contribution in [0.3, 0.4) is 0 Å². The van der Waals surface area contributed by atoms with Gasteiger partial charge in [0.15, 0.2) is 0 Å². The molecule has 11 heavy (non-hydrogen) atoms. The van der Waals surface area contributed by atoms with Crippen LogP contribution in [-0.2, 0) is 9.59 Å². The summed E-state index contributed by atoms with van der Waals surface area (Å²) < 4.78 is 0. The summed E-state index contributed by atoms with van der Waals surface area (Å²) in [6.07, 6.45) is 3.24. The first kappa shape index (κ1) is 22.6. The van der Waals surface area contributed by atoms with Gasteiger partial charge in [-0.2, -0.15) is 0 Å². The van der Waals surface area contributed by atoms with Crippen LogP contribution in [0.4, 0.5) is 0 Å². The molecule has 0 heterocycles. The summed E-state index contributed by atoms with van der Waals surface area (Å²) in [5.41, 5.74) is 0. The molecule has 0 aromatic heterocycles. The molecule has 0 unspecified atom stereocenters. The number of aliphatic carboxylic acids is 1. The van der Waals surface area contributed by atoms with Gasteiger partial charge in [-0.3, -0.25) is 0 Å². The second kappa shape index (κ2) is 22.4. The Balaban J connectivity index is -0.0000000383. The number of carbonyl (C=O) groups excluding carboxylic acids is 2. The second-order valence-corrected chi connectivity index (χ2v) is 0.845. The summed E-state index contributed by atoms with van der Waals surface area (Å²) in [6.45, 7) is 5.95. The minimum absolute atomic E-state index is 0. The smallest absolute Gasteiger partial charge is 0.545 e. The van der Waals surface area contributed by atoms with E-state index >= 15 is 0 Å². The molecule has 5 heteroatoms. The van der Waals surface area contributed by atoms with Crippen molar-refractivity contribution in [3.63, 3.8) is 0 Å². The summed E-state index contributed by atoms with van der Waals surface area (Å²) >= 11 is 0. The van der Waals surface area contributed by atoms with Crippen molar-refractivity contribution in [2.75, 3.05) is 0 Å². The van der Waals surface area contributed by atoms with Gasteiger partial charge in [0.1, 0.15) is 0 Å². The standard InChI is InChI=1S/C3H4O2.C3H3O.2Na/c1-2-3(4)5;1-2-3-4;;/h2H,1H2,(H,4,5);2H,1H2;;/q;-1;2*+1/p-1. The first-order valence-corrected chi connectivity index (χ1v) is 2.01. The SMILES string of the molecule is C=CC(=O)[O-].C=C[C-]=O.[Na+].[Na+]. The Kier molecular flexibility index (Phi) is 46.0. The van der Waals surface area contributed by atoms with Crippen molar-refractivity contribution in [3.05, 3.63) is 25.3 Å². The quantitative estimate of drug-likeness (QED) is 0.236. The molecular formula is C6H6Na2O3. The van der Waals surface area contributed by atoms with Gasteiger partial charge < -0.3 is 14.7 Å². The van der Waals surface area contributed by atoms with E-state index in [0.29, 0.717) is 0 Å². The molecule has 0 bridgehead atoms. The summed E-state index contributed by atoms with van der Waals surface area (Å²) in [7, 11) is 0. The molecule has 0 N–H and O–H groups in total. The maximum atomic E-state index is 9.14. The van der Waals surface area contributed by atoms with Gasteiger partial charge in [-0.1, -0.05) is 6.58 Å². The molecule has 0 rings (SSSR count). The molecule has 0 aliphatic heterocycles. The van der Waals surface area contributed by atoms with Gasteiger partial charge in [-0.15, -0.1) is 0 Å². The number of allylic oxidation sites excluding steroid dienone is 1. The van der Waals surface area contributed by atoms with Crippen LogP contribution in [0.15, 0.2) is 25.3 Å². The molecule has 0 amide bonds. The van der Waals surface area contributed by atoms with E-state index in [1.165, 1.54) is 6.29 Å². The minimum Gasteiger partial charge on any atom is -0.545 e. The zero-order valence-electron chi connectivity index (χ0n) is 6.79. The fraction of sp³-hybridized carbons (Fsp3) is 0. The van der Waals surface area contributed by atoms with Crippen LogP contribution in [0.2, 0.25) is 0 Å². The van der Waals surface area contributed by atoms with Crippen LogP contribution in [0.1, 0.15) is 0 Å². The molecule has 3 nitrogen and oxygen atoms in total. The number of carboxylic acids is 1. The largest absolute Gasteiger partial charge is 1.00 e. The van der Waals surface area contributed by atoms with E-state index in [0.717, 1.165) is 12.2 Å². The van der Waals surface area contributed by atoms with Crippen molar-refractivity contribution in [1.29, 1.82) is 0 Å². The zero-order valence-corrected chi connectivity index (χ0v) is 10.8. The third-order valence-electron chi connectivity index (χ3n) is 0.250. The number of carboxylic acid groups (broad SMARTS) is 1. The van der Waals surface area contributed by atoms with Crippen molar-refractivity contribution in [1.82, 2.24) is 0 Å². The molecular weight excluding hydrogens is 166 g/mol. The molecule has 0 radical (unpaired) electrons. The van der Waals surface area contributed by atoms with Crippen LogP contribution in [-0.4, -0.2) is 12.3 Å². The predicted octanol–water partition coefficient (Wildman–Crippen LogP) is -6.79. The van der Waals surface area contributed by atoms with E-state index in [1.807, 2.05) is 0 Å². The van der Waals surface area contributed by atoms with Crippen LogP contribution in [0.25, 0.3) is 0 Å². The van der Waals surface area contributed by atoms with Crippen LogP contribution in [0, 0.1) is 0 Å². The zero-order chi connectivity index (χ0) is 7.70. The Morgan fingerprint density at radius 3 is 1.55 bits per heavy atom. The van der Waals surface area contributed by atoms with Gasteiger partial charge in [-0.05, 0) is 12.4 Å². The number of hydrogen-bond acceptors (Lipinski definition) is 3. The molecule has 0 aliphatic carbocycles. The second-order valence-electron chi connectivity index (χ2n) is 0.845. The van der Waals surface area contributed by atoms with E-state index in [4.69, 9.17) is 14.7 Å².